The quantitative estimate of drug-likeness (QED) is 0.896. The molecule has 1 atom stereocenters. The number of aryl methyl sites for hydroxylation is 1. The van der Waals surface area contributed by atoms with E-state index in [2.05, 4.69) is 10.3 Å². The number of hydrogen-bond donors (Lipinski definition) is 1. The van der Waals surface area contributed by atoms with Crippen molar-refractivity contribution in [2.75, 3.05) is 31.6 Å². The van der Waals surface area contributed by atoms with Crippen LogP contribution >= 0.6 is 22.9 Å². The smallest absolute Gasteiger partial charge is 0.266 e. The molecule has 2 aromatic rings. The van der Waals surface area contributed by atoms with Gasteiger partial charge < -0.3 is 15.0 Å². The third-order valence-corrected chi connectivity index (χ3v) is 5.27. The Hall–Kier alpha value is -1.63. The molecule has 0 radical (unpaired) electrons. The highest BCUT2D eigenvalue weighted by molar-refractivity contribution is 7.17. The Bertz CT molecular complexity index is 717. The molecule has 1 aliphatic heterocycles. The average Bonchev–Trinajstić information content (AvgIpc) is 2.96. The summed E-state index contributed by atoms with van der Waals surface area (Å²) >= 11 is 7.35. The van der Waals surface area contributed by atoms with Crippen LogP contribution in [-0.2, 0) is 4.74 Å². The first-order valence-corrected chi connectivity index (χ1v) is 9.15. The number of morpholine rings is 1. The first-order chi connectivity index (χ1) is 11.6. The van der Waals surface area contributed by atoms with Gasteiger partial charge in [0.05, 0.1) is 18.8 Å². The second-order valence-electron chi connectivity index (χ2n) is 5.63. The van der Waals surface area contributed by atoms with Crippen LogP contribution in [0, 0.1) is 6.92 Å². The summed E-state index contributed by atoms with van der Waals surface area (Å²) in [7, 11) is 0. The summed E-state index contributed by atoms with van der Waals surface area (Å²) in [5, 5.41) is 4.65. The Labute approximate surface area is 150 Å². The van der Waals surface area contributed by atoms with Crippen molar-refractivity contribution < 1.29 is 9.53 Å². The van der Waals surface area contributed by atoms with Gasteiger partial charge in [0.25, 0.3) is 5.91 Å². The Balaban J connectivity index is 1.74. The topological polar surface area (TPSA) is 54.5 Å². The molecule has 1 N–H and O–H groups in total. The number of anilines is 1. The lowest BCUT2D eigenvalue weighted by Crippen LogP contribution is -2.42. The molecule has 1 aromatic heterocycles. The summed E-state index contributed by atoms with van der Waals surface area (Å²) in [6.45, 7) is 6.33. The van der Waals surface area contributed by atoms with Crippen LogP contribution in [0.1, 0.15) is 34.0 Å². The normalized spacial score (nSPS) is 17.8. The molecule has 3 rings (SSSR count). The summed E-state index contributed by atoms with van der Waals surface area (Å²) in [4.78, 5) is 19.8. The lowest BCUT2D eigenvalue weighted by molar-refractivity contribution is -0.0226. The fourth-order valence-electron chi connectivity index (χ4n) is 2.68. The summed E-state index contributed by atoms with van der Waals surface area (Å²) < 4.78 is 5.83. The number of nitrogens with one attached hydrogen (secondary N) is 1. The maximum atomic E-state index is 12.9. The van der Waals surface area contributed by atoms with Gasteiger partial charge in [-0.25, -0.2) is 4.98 Å². The number of rotatable bonds is 4. The standard InChI is InChI=1S/C17H20ClN3O2S/c1-3-19-17-20-11(2)15(24-17)16(22)21-8-9-23-14(10-21)12-4-6-13(18)7-5-12/h4-7,14H,3,8-10H2,1-2H3,(H,19,20)/t14-/m1/s1. The monoisotopic (exact) mass is 365 g/mol. The minimum atomic E-state index is -0.124. The number of halogens is 1. The van der Waals surface area contributed by atoms with Crippen LogP contribution in [0.2, 0.25) is 5.02 Å². The van der Waals surface area contributed by atoms with Crippen molar-refractivity contribution in [2.45, 2.75) is 20.0 Å². The van der Waals surface area contributed by atoms with E-state index < -0.39 is 0 Å². The molecule has 24 heavy (non-hydrogen) atoms. The summed E-state index contributed by atoms with van der Waals surface area (Å²) in [5.74, 6) is 0.0245. The van der Waals surface area contributed by atoms with Gasteiger partial charge in [-0.3, -0.25) is 4.79 Å². The van der Waals surface area contributed by atoms with Crippen LogP contribution in [0.4, 0.5) is 5.13 Å². The van der Waals surface area contributed by atoms with E-state index in [0.717, 1.165) is 22.9 Å². The minimum Gasteiger partial charge on any atom is -0.370 e. The van der Waals surface area contributed by atoms with E-state index >= 15 is 0 Å². The predicted molar refractivity (Wildman–Crippen MR) is 97.1 cm³/mol. The number of nitrogens with zero attached hydrogens (tertiary/aromatic N) is 2. The molecule has 0 unspecified atom stereocenters. The van der Waals surface area contributed by atoms with Gasteiger partial charge in [0, 0.05) is 18.1 Å². The summed E-state index contributed by atoms with van der Waals surface area (Å²) in [5.41, 5.74) is 1.81. The number of aromatic nitrogens is 1. The van der Waals surface area contributed by atoms with Gasteiger partial charge in [-0.05, 0) is 31.5 Å². The fourth-order valence-corrected chi connectivity index (χ4v) is 3.81. The SMILES string of the molecule is CCNc1nc(C)c(C(=O)N2CCO[C@@H](c3ccc(Cl)cc3)C2)s1. The Morgan fingerprint density at radius 3 is 2.92 bits per heavy atom. The van der Waals surface area contributed by atoms with Crippen molar-refractivity contribution in [3.05, 3.63) is 45.4 Å². The molecule has 5 nitrogen and oxygen atoms in total. The van der Waals surface area contributed by atoms with E-state index in [1.165, 1.54) is 11.3 Å². The third-order valence-electron chi connectivity index (χ3n) is 3.91. The van der Waals surface area contributed by atoms with Crippen molar-refractivity contribution in [3.63, 3.8) is 0 Å². The zero-order chi connectivity index (χ0) is 17.1. The molecule has 0 spiro atoms. The van der Waals surface area contributed by atoms with Gasteiger partial charge in [0.15, 0.2) is 5.13 Å². The van der Waals surface area contributed by atoms with Crippen LogP contribution in [-0.4, -0.2) is 42.0 Å². The lowest BCUT2D eigenvalue weighted by Gasteiger charge is -2.33. The molecule has 1 amide bonds. The number of ether oxygens (including phenoxy) is 1. The average molecular weight is 366 g/mol. The van der Waals surface area contributed by atoms with Gasteiger partial charge in [0.2, 0.25) is 0 Å². The molecule has 1 saturated heterocycles. The molecule has 2 heterocycles. The number of hydrogen-bond acceptors (Lipinski definition) is 5. The minimum absolute atomic E-state index is 0.0245. The summed E-state index contributed by atoms with van der Waals surface area (Å²) in [6.07, 6.45) is -0.124. The zero-order valence-electron chi connectivity index (χ0n) is 13.7. The molecule has 128 valence electrons. The molecule has 1 aromatic carbocycles. The van der Waals surface area contributed by atoms with Crippen molar-refractivity contribution in [2.24, 2.45) is 0 Å². The third kappa shape index (κ3) is 3.71. The van der Waals surface area contributed by atoms with Crippen LogP contribution in [0.3, 0.4) is 0 Å². The zero-order valence-corrected chi connectivity index (χ0v) is 15.3. The van der Waals surface area contributed by atoms with Gasteiger partial charge >= 0.3 is 0 Å². The molecular formula is C17H20ClN3O2S. The van der Waals surface area contributed by atoms with Crippen LogP contribution in [0.15, 0.2) is 24.3 Å². The molecule has 7 heteroatoms. The van der Waals surface area contributed by atoms with E-state index in [-0.39, 0.29) is 12.0 Å². The van der Waals surface area contributed by atoms with Crippen molar-refractivity contribution >= 4 is 34.0 Å². The summed E-state index contributed by atoms with van der Waals surface area (Å²) in [6, 6.07) is 7.58. The van der Waals surface area contributed by atoms with Crippen molar-refractivity contribution in [1.29, 1.82) is 0 Å². The number of benzene rings is 1. The van der Waals surface area contributed by atoms with E-state index in [9.17, 15) is 4.79 Å². The number of thiazole rings is 1. The molecule has 1 fully saturated rings. The Morgan fingerprint density at radius 1 is 1.46 bits per heavy atom. The fraction of sp³-hybridized carbons (Fsp3) is 0.412. The highest BCUT2D eigenvalue weighted by atomic mass is 35.5. The van der Waals surface area contributed by atoms with Crippen LogP contribution in [0.5, 0.6) is 0 Å². The molecule has 0 bridgehead atoms. The van der Waals surface area contributed by atoms with Gasteiger partial charge in [0.1, 0.15) is 11.0 Å². The highest BCUT2D eigenvalue weighted by Crippen LogP contribution is 2.28. The van der Waals surface area contributed by atoms with E-state index in [0.29, 0.717) is 29.6 Å². The number of carbonyl (C=O) groups is 1. The first kappa shape index (κ1) is 17.2. The molecular weight excluding hydrogens is 346 g/mol. The van der Waals surface area contributed by atoms with E-state index in [1.807, 2.05) is 43.0 Å². The van der Waals surface area contributed by atoms with Gasteiger partial charge in [-0.15, -0.1) is 0 Å². The highest BCUT2D eigenvalue weighted by Gasteiger charge is 2.28. The largest absolute Gasteiger partial charge is 0.370 e. The van der Waals surface area contributed by atoms with Crippen molar-refractivity contribution in [3.8, 4) is 0 Å². The first-order valence-electron chi connectivity index (χ1n) is 7.96. The lowest BCUT2D eigenvalue weighted by atomic mass is 10.1. The maximum absolute atomic E-state index is 12.9. The van der Waals surface area contributed by atoms with Crippen LogP contribution < -0.4 is 5.32 Å². The second-order valence-corrected chi connectivity index (χ2v) is 7.06. The van der Waals surface area contributed by atoms with Gasteiger partial charge in [-0.1, -0.05) is 35.1 Å². The van der Waals surface area contributed by atoms with Crippen LogP contribution in [0.25, 0.3) is 0 Å². The predicted octanol–water partition coefficient (Wildman–Crippen LogP) is 3.75. The molecule has 0 saturated carbocycles. The van der Waals surface area contributed by atoms with Crippen molar-refractivity contribution in [1.82, 2.24) is 9.88 Å². The van der Waals surface area contributed by atoms with Gasteiger partial charge in [-0.2, -0.15) is 0 Å². The molecule has 1 aliphatic rings. The number of carbonyl (C=O) groups excluding carboxylic acids is 1. The maximum Gasteiger partial charge on any atom is 0.266 e. The molecule has 0 aliphatic carbocycles. The Morgan fingerprint density at radius 2 is 2.21 bits per heavy atom. The Kier molecular flexibility index (Phi) is 5.38. The number of amides is 1. The second kappa shape index (κ2) is 7.51. The van der Waals surface area contributed by atoms with E-state index in [1.54, 1.807) is 0 Å². The van der Waals surface area contributed by atoms with E-state index in [4.69, 9.17) is 16.3 Å².